The molecule has 0 aliphatic rings. The van der Waals surface area contributed by atoms with Crippen LogP contribution in [0, 0.1) is 25.2 Å². The SMILES string of the molecule is Cc1ccc(C)c(C(C)Nc2cc(C#N)ccc2Cl)c1. The molecule has 0 radical (unpaired) electrons. The summed E-state index contributed by atoms with van der Waals surface area (Å²) in [5, 5.41) is 13.0. The van der Waals surface area contributed by atoms with Crippen molar-refractivity contribution >= 4 is 17.3 Å². The van der Waals surface area contributed by atoms with Crippen LogP contribution in [-0.4, -0.2) is 0 Å². The number of hydrogen-bond donors (Lipinski definition) is 1. The van der Waals surface area contributed by atoms with Crippen molar-refractivity contribution in [3.8, 4) is 6.07 Å². The molecule has 0 aliphatic carbocycles. The minimum absolute atomic E-state index is 0.126. The molecule has 20 heavy (non-hydrogen) atoms. The standard InChI is InChI=1S/C17H17ClN2/c1-11-4-5-12(2)15(8-11)13(3)20-17-9-14(10-19)6-7-16(17)18/h4-9,13,20H,1-3H3. The Labute approximate surface area is 125 Å². The Kier molecular flexibility index (Phi) is 4.32. The third-order valence-corrected chi connectivity index (χ3v) is 3.70. The average molecular weight is 285 g/mol. The summed E-state index contributed by atoms with van der Waals surface area (Å²) >= 11 is 6.18. The van der Waals surface area contributed by atoms with E-state index in [9.17, 15) is 0 Å². The molecule has 0 saturated heterocycles. The largest absolute Gasteiger partial charge is 0.377 e. The molecule has 0 heterocycles. The molecular weight excluding hydrogens is 268 g/mol. The van der Waals surface area contributed by atoms with Crippen LogP contribution in [0.25, 0.3) is 0 Å². The Morgan fingerprint density at radius 1 is 1.15 bits per heavy atom. The summed E-state index contributed by atoms with van der Waals surface area (Å²) in [5.41, 5.74) is 5.10. The van der Waals surface area contributed by atoms with Gasteiger partial charge in [-0.3, -0.25) is 0 Å². The first-order valence-corrected chi connectivity index (χ1v) is 6.92. The molecule has 0 spiro atoms. The van der Waals surface area contributed by atoms with E-state index in [0.717, 1.165) is 5.69 Å². The molecule has 2 aromatic carbocycles. The summed E-state index contributed by atoms with van der Waals surface area (Å²) in [6.45, 7) is 6.27. The van der Waals surface area contributed by atoms with Crippen molar-refractivity contribution < 1.29 is 0 Å². The highest BCUT2D eigenvalue weighted by Crippen LogP contribution is 2.28. The molecule has 102 valence electrons. The van der Waals surface area contributed by atoms with Crippen LogP contribution >= 0.6 is 11.6 Å². The molecule has 0 fully saturated rings. The van der Waals surface area contributed by atoms with E-state index in [4.69, 9.17) is 16.9 Å². The highest BCUT2D eigenvalue weighted by Gasteiger charge is 2.11. The van der Waals surface area contributed by atoms with E-state index in [1.165, 1.54) is 16.7 Å². The molecule has 1 N–H and O–H groups in total. The lowest BCUT2D eigenvalue weighted by Gasteiger charge is -2.19. The molecule has 1 atom stereocenters. The molecule has 0 aliphatic heterocycles. The fourth-order valence-electron chi connectivity index (χ4n) is 2.24. The molecular formula is C17H17ClN2. The smallest absolute Gasteiger partial charge is 0.0992 e. The number of hydrogen-bond acceptors (Lipinski definition) is 2. The summed E-state index contributed by atoms with van der Waals surface area (Å²) in [5.74, 6) is 0. The Balaban J connectivity index is 2.30. The number of nitrogens with zero attached hydrogens (tertiary/aromatic N) is 1. The van der Waals surface area contributed by atoms with Gasteiger partial charge in [-0.25, -0.2) is 0 Å². The van der Waals surface area contributed by atoms with Crippen molar-refractivity contribution in [2.45, 2.75) is 26.8 Å². The predicted octanol–water partition coefficient (Wildman–Crippen LogP) is 5.00. The van der Waals surface area contributed by atoms with Crippen LogP contribution in [0.4, 0.5) is 5.69 Å². The van der Waals surface area contributed by atoms with Crippen LogP contribution in [-0.2, 0) is 0 Å². The van der Waals surface area contributed by atoms with Crippen LogP contribution < -0.4 is 5.32 Å². The molecule has 0 aromatic heterocycles. The van der Waals surface area contributed by atoms with Gasteiger partial charge in [-0.2, -0.15) is 5.26 Å². The molecule has 0 saturated carbocycles. The first-order valence-electron chi connectivity index (χ1n) is 6.54. The molecule has 2 aromatic rings. The van der Waals surface area contributed by atoms with Crippen LogP contribution in [0.15, 0.2) is 36.4 Å². The van der Waals surface area contributed by atoms with Crippen LogP contribution in [0.2, 0.25) is 5.02 Å². The summed E-state index contributed by atoms with van der Waals surface area (Å²) in [6.07, 6.45) is 0. The zero-order valence-electron chi connectivity index (χ0n) is 11.9. The van der Waals surface area contributed by atoms with Crippen molar-refractivity contribution in [2.24, 2.45) is 0 Å². The lowest BCUT2D eigenvalue weighted by Crippen LogP contribution is -2.09. The summed E-state index contributed by atoms with van der Waals surface area (Å²) in [4.78, 5) is 0. The third kappa shape index (κ3) is 3.12. The van der Waals surface area contributed by atoms with Gasteiger partial charge in [0.2, 0.25) is 0 Å². The zero-order chi connectivity index (χ0) is 14.7. The van der Waals surface area contributed by atoms with Crippen molar-refractivity contribution in [3.05, 3.63) is 63.7 Å². The number of nitriles is 1. The van der Waals surface area contributed by atoms with Gasteiger partial charge in [0, 0.05) is 6.04 Å². The normalized spacial score (nSPS) is 11.8. The predicted molar refractivity (Wildman–Crippen MR) is 84.1 cm³/mol. The van der Waals surface area contributed by atoms with E-state index in [2.05, 4.69) is 50.4 Å². The van der Waals surface area contributed by atoms with Crippen LogP contribution in [0.3, 0.4) is 0 Å². The van der Waals surface area contributed by atoms with Crippen LogP contribution in [0.5, 0.6) is 0 Å². The molecule has 3 heteroatoms. The lowest BCUT2D eigenvalue weighted by molar-refractivity contribution is 0.872. The second-order valence-electron chi connectivity index (χ2n) is 5.03. The number of anilines is 1. The first-order chi connectivity index (χ1) is 9.51. The second-order valence-corrected chi connectivity index (χ2v) is 5.44. The Morgan fingerprint density at radius 2 is 1.90 bits per heavy atom. The Morgan fingerprint density at radius 3 is 2.60 bits per heavy atom. The third-order valence-electron chi connectivity index (χ3n) is 3.37. The van der Waals surface area contributed by atoms with Gasteiger partial charge in [-0.15, -0.1) is 0 Å². The first kappa shape index (κ1) is 14.4. The maximum absolute atomic E-state index is 8.96. The van der Waals surface area contributed by atoms with Gasteiger partial charge < -0.3 is 5.32 Å². The van der Waals surface area contributed by atoms with Crippen LogP contribution in [0.1, 0.15) is 35.2 Å². The van der Waals surface area contributed by atoms with Crippen molar-refractivity contribution in [1.29, 1.82) is 5.26 Å². The quantitative estimate of drug-likeness (QED) is 0.861. The molecule has 2 nitrogen and oxygen atoms in total. The number of nitrogens with one attached hydrogen (secondary N) is 1. The fraction of sp³-hybridized carbons (Fsp3) is 0.235. The molecule has 1 unspecified atom stereocenters. The van der Waals surface area contributed by atoms with E-state index in [-0.39, 0.29) is 6.04 Å². The zero-order valence-corrected chi connectivity index (χ0v) is 12.6. The maximum atomic E-state index is 8.96. The van der Waals surface area contributed by atoms with Gasteiger partial charge >= 0.3 is 0 Å². The van der Waals surface area contributed by atoms with E-state index >= 15 is 0 Å². The number of aryl methyl sites for hydroxylation is 2. The van der Waals surface area contributed by atoms with Crippen molar-refractivity contribution in [2.75, 3.05) is 5.32 Å². The van der Waals surface area contributed by atoms with Gasteiger partial charge in [0.25, 0.3) is 0 Å². The van der Waals surface area contributed by atoms with Gasteiger partial charge in [0.05, 0.1) is 22.3 Å². The summed E-state index contributed by atoms with van der Waals surface area (Å²) in [6, 6.07) is 13.9. The molecule has 2 rings (SSSR count). The number of benzene rings is 2. The fourth-order valence-corrected chi connectivity index (χ4v) is 2.41. The minimum atomic E-state index is 0.126. The Bertz CT molecular complexity index is 671. The maximum Gasteiger partial charge on any atom is 0.0992 e. The average Bonchev–Trinajstić information content (AvgIpc) is 2.43. The minimum Gasteiger partial charge on any atom is -0.377 e. The van der Waals surface area contributed by atoms with Gasteiger partial charge in [0.15, 0.2) is 0 Å². The monoisotopic (exact) mass is 284 g/mol. The lowest BCUT2D eigenvalue weighted by atomic mass is 9.99. The highest BCUT2D eigenvalue weighted by molar-refractivity contribution is 6.33. The second kappa shape index (κ2) is 5.98. The molecule has 0 bridgehead atoms. The van der Waals surface area contributed by atoms with Gasteiger partial charge in [-0.1, -0.05) is 35.4 Å². The number of rotatable bonds is 3. The van der Waals surface area contributed by atoms with E-state index in [1.807, 2.05) is 0 Å². The Hall–Kier alpha value is -1.98. The highest BCUT2D eigenvalue weighted by atomic mass is 35.5. The van der Waals surface area contributed by atoms with Gasteiger partial charge in [0.1, 0.15) is 0 Å². The van der Waals surface area contributed by atoms with Crippen molar-refractivity contribution in [1.82, 2.24) is 0 Å². The molecule has 0 amide bonds. The summed E-state index contributed by atoms with van der Waals surface area (Å²) in [7, 11) is 0. The van der Waals surface area contributed by atoms with E-state index in [1.54, 1.807) is 18.2 Å². The van der Waals surface area contributed by atoms with E-state index < -0.39 is 0 Å². The van der Waals surface area contributed by atoms with E-state index in [0.29, 0.717) is 10.6 Å². The summed E-state index contributed by atoms with van der Waals surface area (Å²) < 4.78 is 0. The topological polar surface area (TPSA) is 35.8 Å². The van der Waals surface area contributed by atoms with Gasteiger partial charge in [-0.05, 0) is 50.1 Å². The van der Waals surface area contributed by atoms with Crippen molar-refractivity contribution in [3.63, 3.8) is 0 Å². The number of halogens is 1.